The van der Waals surface area contributed by atoms with Crippen LogP contribution in [0.25, 0.3) is 6.08 Å². The number of likely N-dealkylation sites (tertiary alicyclic amines) is 1. The molecule has 2 heterocycles. The zero-order valence-corrected chi connectivity index (χ0v) is 21.7. The van der Waals surface area contributed by atoms with Gasteiger partial charge in [0.1, 0.15) is 17.6 Å². The highest BCUT2D eigenvalue weighted by Gasteiger charge is 2.72. The van der Waals surface area contributed by atoms with E-state index in [2.05, 4.69) is 22.3 Å². The Labute approximate surface area is 225 Å². The third-order valence-electron chi connectivity index (χ3n) is 9.16. The number of halogens is 3. The van der Waals surface area contributed by atoms with E-state index in [9.17, 15) is 23.1 Å². The number of aliphatic hydroxyl groups is 1. The van der Waals surface area contributed by atoms with E-state index in [-0.39, 0.29) is 23.7 Å². The Morgan fingerprint density at radius 2 is 2.08 bits per heavy atom. The highest BCUT2D eigenvalue weighted by atomic mass is 19.4. The molecule has 1 saturated heterocycles. The van der Waals surface area contributed by atoms with Crippen LogP contribution >= 0.6 is 0 Å². The third kappa shape index (κ3) is 3.97. The average Bonchev–Trinajstić information content (AvgIpc) is 3.22. The normalized spacial score (nSPS) is 30.9. The number of carbonyl (C=O) groups excluding carboxylic acids is 1. The van der Waals surface area contributed by atoms with Crippen LogP contribution in [0, 0.1) is 0 Å². The molecule has 5 atom stereocenters. The minimum atomic E-state index is -4.79. The predicted octanol–water partition coefficient (Wildman–Crippen LogP) is 4.47. The second-order valence-electron chi connectivity index (χ2n) is 11.0. The minimum Gasteiger partial charge on any atom is -0.487 e. The SMILES string of the molecule is C=CCN1CC[C@]23c4c5cccc4O[C@H]2[C@@H](N(C)C(=O)C=Cc2cccc(OC(F)(F)F)c2)CC[C@@]3(O)[C@H]1C5. The molecule has 2 bridgehead atoms. The molecule has 4 aliphatic rings. The fraction of sp³-hybridized carbons (Fsp3) is 0.433. The smallest absolute Gasteiger partial charge is 0.487 e. The molecule has 1 saturated carbocycles. The predicted molar refractivity (Wildman–Crippen MR) is 139 cm³/mol. The first-order chi connectivity index (χ1) is 18.6. The number of piperidine rings is 1. The largest absolute Gasteiger partial charge is 0.573 e. The number of amides is 1. The zero-order valence-electron chi connectivity index (χ0n) is 21.7. The van der Waals surface area contributed by atoms with Gasteiger partial charge in [0.05, 0.1) is 17.1 Å². The number of nitrogens with zero attached hydrogens (tertiary/aromatic N) is 2. The molecule has 2 fully saturated rings. The summed E-state index contributed by atoms with van der Waals surface area (Å²) < 4.78 is 48.4. The Morgan fingerprint density at radius 1 is 1.28 bits per heavy atom. The number of hydrogen-bond donors (Lipinski definition) is 1. The monoisotopic (exact) mass is 540 g/mol. The fourth-order valence-corrected chi connectivity index (χ4v) is 7.62. The maximum Gasteiger partial charge on any atom is 0.573 e. The molecule has 2 aliphatic carbocycles. The van der Waals surface area contributed by atoms with Crippen LogP contribution in [0.2, 0.25) is 0 Å². The Hall–Kier alpha value is -3.30. The summed E-state index contributed by atoms with van der Waals surface area (Å²) >= 11 is 0. The number of carbonyl (C=O) groups is 1. The first kappa shape index (κ1) is 26.0. The lowest BCUT2D eigenvalue weighted by molar-refractivity contribution is -0.274. The van der Waals surface area contributed by atoms with Crippen LogP contribution in [0.15, 0.2) is 61.2 Å². The quantitative estimate of drug-likeness (QED) is 0.433. The molecule has 0 radical (unpaired) electrons. The van der Waals surface area contributed by atoms with E-state index >= 15 is 0 Å². The van der Waals surface area contributed by atoms with Gasteiger partial charge in [-0.25, -0.2) is 0 Å². The number of likely N-dealkylation sites (N-methyl/N-ethyl adjacent to an activating group) is 1. The van der Waals surface area contributed by atoms with Gasteiger partial charge in [0.25, 0.3) is 0 Å². The van der Waals surface area contributed by atoms with Crippen LogP contribution < -0.4 is 9.47 Å². The van der Waals surface area contributed by atoms with Crippen LogP contribution in [-0.2, 0) is 16.6 Å². The van der Waals surface area contributed by atoms with E-state index in [1.165, 1.54) is 35.9 Å². The van der Waals surface area contributed by atoms with E-state index < -0.39 is 23.5 Å². The van der Waals surface area contributed by atoms with E-state index in [1.54, 1.807) is 18.0 Å². The van der Waals surface area contributed by atoms with Crippen molar-refractivity contribution in [1.29, 1.82) is 0 Å². The molecular formula is C30H31F3N2O4. The van der Waals surface area contributed by atoms with Gasteiger partial charge in [-0.15, -0.1) is 19.8 Å². The van der Waals surface area contributed by atoms with Crippen molar-refractivity contribution in [3.05, 3.63) is 77.9 Å². The number of ether oxygens (including phenoxy) is 2. The van der Waals surface area contributed by atoms with Gasteiger partial charge >= 0.3 is 6.36 Å². The van der Waals surface area contributed by atoms with E-state index in [4.69, 9.17) is 4.74 Å². The molecule has 2 aromatic rings. The lowest BCUT2D eigenvalue weighted by Crippen LogP contribution is -2.78. The van der Waals surface area contributed by atoms with Gasteiger partial charge in [-0.3, -0.25) is 9.69 Å². The van der Waals surface area contributed by atoms with Crippen LogP contribution in [0.4, 0.5) is 13.2 Å². The van der Waals surface area contributed by atoms with Crippen LogP contribution in [-0.4, -0.2) is 71.1 Å². The zero-order chi connectivity index (χ0) is 27.6. The minimum absolute atomic E-state index is 0.0655. The molecule has 1 spiro atoms. The molecule has 6 nitrogen and oxygen atoms in total. The van der Waals surface area contributed by atoms with Crippen molar-refractivity contribution >= 4 is 12.0 Å². The summed E-state index contributed by atoms with van der Waals surface area (Å²) in [5.41, 5.74) is 1.08. The molecule has 0 unspecified atom stereocenters. The van der Waals surface area contributed by atoms with Gasteiger partial charge in [0.2, 0.25) is 5.91 Å². The van der Waals surface area contributed by atoms with Gasteiger partial charge in [-0.1, -0.05) is 30.3 Å². The highest BCUT2D eigenvalue weighted by Crippen LogP contribution is 2.64. The topological polar surface area (TPSA) is 62.2 Å². The summed E-state index contributed by atoms with van der Waals surface area (Å²) in [6.07, 6.45) is 2.06. The summed E-state index contributed by atoms with van der Waals surface area (Å²) in [5, 5.41) is 12.4. The van der Waals surface area contributed by atoms with Crippen LogP contribution in [0.3, 0.4) is 0 Å². The lowest BCUT2D eigenvalue weighted by Gasteiger charge is -2.64. The second-order valence-corrected chi connectivity index (χ2v) is 11.0. The maximum absolute atomic E-state index is 13.3. The van der Waals surface area contributed by atoms with Crippen molar-refractivity contribution in [2.24, 2.45) is 0 Å². The van der Waals surface area contributed by atoms with Crippen molar-refractivity contribution in [2.75, 3.05) is 20.1 Å². The number of hydrogen-bond acceptors (Lipinski definition) is 5. The number of alkyl halides is 3. The van der Waals surface area contributed by atoms with Gasteiger partial charge in [-0.2, -0.15) is 0 Å². The highest BCUT2D eigenvalue weighted by molar-refractivity contribution is 5.92. The molecule has 39 heavy (non-hydrogen) atoms. The van der Waals surface area contributed by atoms with Crippen molar-refractivity contribution in [3.8, 4) is 11.5 Å². The van der Waals surface area contributed by atoms with Crippen molar-refractivity contribution in [2.45, 2.75) is 61.2 Å². The second kappa shape index (κ2) is 9.13. The van der Waals surface area contributed by atoms with E-state index in [0.29, 0.717) is 31.4 Å². The number of rotatable bonds is 6. The Balaban J connectivity index is 1.29. The molecule has 6 rings (SSSR count). The van der Waals surface area contributed by atoms with Crippen molar-refractivity contribution in [3.63, 3.8) is 0 Å². The van der Waals surface area contributed by atoms with Crippen molar-refractivity contribution in [1.82, 2.24) is 9.80 Å². The van der Waals surface area contributed by atoms with Gasteiger partial charge in [0.15, 0.2) is 0 Å². The summed E-state index contributed by atoms with van der Waals surface area (Å²) in [6.45, 7) is 5.41. The van der Waals surface area contributed by atoms with E-state index in [0.717, 1.165) is 24.3 Å². The Morgan fingerprint density at radius 3 is 2.85 bits per heavy atom. The fourth-order valence-electron chi connectivity index (χ4n) is 7.62. The molecule has 2 aromatic carbocycles. The van der Waals surface area contributed by atoms with Crippen LogP contribution in [0.1, 0.15) is 36.0 Å². The molecule has 206 valence electrons. The molecule has 9 heteroatoms. The van der Waals surface area contributed by atoms with Gasteiger partial charge < -0.3 is 19.5 Å². The van der Waals surface area contributed by atoms with Gasteiger partial charge in [-0.05, 0) is 67.6 Å². The first-order valence-corrected chi connectivity index (χ1v) is 13.2. The summed E-state index contributed by atoms with van der Waals surface area (Å²) in [7, 11) is 1.72. The molecule has 0 aromatic heterocycles. The van der Waals surface area contributed by atoms with E-state index in [1.807, 2.05) is 18.2 Å². The molecule has 1 amide bonds. The maximum atomic E-state index is 13.3. The van der Waals surface area contributed by atoms with Crippen LogP contribution in [0.5, 0.6) is 11.5 Å². The molecule has 2 aliphatic heterocycles. The lowest BCUT2D eigenvalue weighted by atomic mass is 9.48. The number of benzene rings is 2. The standard InChI is InChI=1S/C30H31F3N2O4/c1-3-15-35-16-14-28-26-20-7-5-9-23(26)38-27(28)22(12-13-29(28,37)24(35)18-20)34(2)25(36)11-10-19-6-4-8-21(17-19)39-30(31,32)33/h3-11,17,22,24,27,37H,1,12-16,18H2,2H3/t22-,24+,27-,28-,29+/m0/s1. The first-order valence-electron chi connectivity index (χ1n) is 13.2. The average molecular weight is 541 g/mol. The molecule has 1 N–H and O–H groups in total. The summed E-state index contributed by atoms with van der Waals surface area (Å²) in [6, 6.07) is 11.2. The van der Waals surface area contributed by atoms with Gasteiger partial charge in [0, 0.05) is 31.3 Å². The summed E-state index contributed by atoms with van der Waals surface area (Å²) in [4.78, 5) is 17.3. The Kier molecular flexibility index (Phi) is 6.07. The Bertz CT molecular complexity index is 1340. The van der Waals surface area contributed by atoms with Crippen molar-refractivity contribution < 1.29 is 32.5 Å². The third-order valence-corrected chi connectivity index (χ3v) is 9.16. The molecular weight excluding hydrogens is 509 g/mol. The summed E-state index contributed by atoms with van der Waals surface area (Å²) in [5.74, 6) is 0.148.